The second-order valence-electron chi connectivity index (χ2n) is 4.95. The average Bonchev–Trinajstić information content (AvgIpc) is 2.45. The van der Waals surface area contributed by atoms with Gasteiger partial charge in [0.15, 0.2) is 0 Å². The SMILES string of the molecule is CCCCCCOc1c(Cl)cc(Cl)cc1CNCCOC. The highest BCUT2D eigenvalue weighted by atomic mass is 35.5. The molecule has 1 aromatic carbocycles. The molecular formula is C16H25Cl2NO2. The van der Waals surface area contributed by atoms with E-state index in [1.807, 2.05) is 6.07 Å². The Morgan fingerprint density at radius 3 is 2.62 bits per heavy atom. The molecule has 0 saturated heterocycles. The lowest BCUT2D eigenvalue weighted by atomic mass is 10.2. The minimum absolute atomic E-state index is 0.571. The smallest absolute Gasteiger partial charge is 0.142 e. The van der Waals surface area contributed by atoms with Gasteiger partial charge in [-0.3, -0.25) is 0 Å². The first-order valence-electron chi connectivity index (χ1n) is 7.49. The van der Waals surface area contributed by atoms with E-state index in [1.54, 1.807) is 13.2 Å². The summed E-state index contributed by atoms with van der Waals surface area (Å²) in [4.78, 5) is 0. The van der Waals surface area contributed by atoms with E-state index >= 15 is 0 Å². The maximum absolute atomic E-state index is 6.25. The molecule has 1 rings (SSSR count). The van der Waals surface area contributed by atoms with Gasteiger partial charge in [0, 0.05) is 30.8 Å². The largest absolute Gasteiger partial charge is 0.492 e. The molecule has 0 aliphatic rings. The standard InChI is InChI=1S/C16H25Cl2NO2/c1-3-4-5-6-8-21-16-13(12-19-7-9-20-2)10-14(17)11-15(16)18/h10-11,19H,3-9,12H2,1-2H3. The van der Waals surface area contributed by atoms with Crippen LogP contribution in [0.3, 0.4) is 0 Å². The summed E-state index contributed by atoms with van der Waals surface area (Å²) < 4.78 is 10.9. The van der Waals surface area contributed by atoms with E-state index in [1.165, 1.54) is 19.3 Å². The molecule has 1 N–H and O–H groups in total. The van der Waals surface area contributed by atoms with Crippen LogP contribution in [0.2, 0.25) is 10.0 Å². The minimum Gasteiger partial charge on any atom is -0.492 e. The van der Waals surface area contributed by atoms with Gasteiger partial charge < -0.3 is 14.8 Å². The highest BCUT2D eigenvalue weighted by Crippen LogP contribution is 2.32. The van der Waals surface area contributed by atoms with Crippen molar-refractivity contribution in [2.75, 3.05) is 26.9 Å². The first-order chi connectivity index (χ1) is 10.2. The van der Waals surface area contributed by atoms with Crippen LogP contribution >= 0.6 is 23.2 Å². The molecule has 3 nitrogen and oxygen atoms in total. The van der Waals surface area contributed by atoms with Gasteiger partial charge in [0.2, 0.25) is 0 Å². The van der Waals surface area contributed by atoms with Crippen molar-refractivity contribution in [1.82, 2.24) is 5.32 Å². The van der Waals surface area contributed by atoms with Gasteiger partial charge in [-0.25, -0.2) is 0 Å². The summed E-state index contributed by atoms with van der Waals surface area (Å²) in [6.07, 6.45) is 4.69. The normalized spacial score (nSPS) is 10.9. The topological polar surface area (TPSA) is 30.5 Å². The number of ether oxygens (including phenoxy) is 2. The molecule has 120 valence electrons. The molecule has 0 spiro atoms. The lowest BCUT2D eigenvalue weighted by molar-refractivity contribution is 0.199. The number of halogens is 2. The van der Waals surface area contributed by atoms with Gasteiger partial charge in [0.1, 0.15) is 5.75 Å². The molecule has 0 atom stereocenters. The maximum Gasteiger partial charge on any atom is 0.142 e. The fraction of sp³-hybridized carbons (Fsp3) is 0.625. The maximum atomic E-state index is 6.25. The summed E-state index contributed by atoms with van der Waals surface area (Å²) in [5.74, 6) is 0.738. The quantitative estimate of drug-likeness (QED) is 0.596. The van der Waals surface area contributed by atoms with Crippen molar-refractivity contribution in [2.24, 2.45) is 0 Å². The summed E-state index contributed by atoms with van der Waals surface area (Å²) in [5, 5.41) is 4.48. The number of unbranched alkanes of at least 4 members (excludes halogenated alkanes) is 3. The molecule has 5 heteroatoms. The van der Waals surface area contributed by atoms with Crippen molar-refractivity contribution < 1.29 is 9.47 Å². The number of hydrogen-bond acceptors (Lipinski definition) is 3. The van der Waals surface area contributed by atoms with Crippen molar-refractivity contribution in [1.29, 1.82) is 0 Å². The van der Waals surface area contributed by atoms with Crippen LogP contribution < -0.4 is 10.1 Å². The van der Waals surface area contributed by atoms with Crippen LogP contribution in [0.1, 0.15) is 38.2 Å². The van der Waals surface area contributed by atoms with E-state index in [9.17, 15) is 0 Å². The molecule has 0 amide bonds. The molecule has 1 aromatic rings. The Balaban J connectivity index is 2.57. The highest BCUT2D eigenvalue weighted by molar-refractivity contribution is 6.35. The second kappa shape index (κ2) is 11.1. The van der Waals surface area contributed by atoms with E-state index in [0.29, 0.717) is 29.8 Å². The lowest BCUT2D eigenvalue weighted by Gasteiger charge is -2.14. The van der Waals surface area contributed by atoms with Gasteiger partial charge in [-0.15, -0.1) is 0 Å². The number of hydrogen-bond donors (Lipinski definition) is 1. The predicted octanol–water partition coefficient (Wildman–Crippen LogP) is 4.69. The van der Waals surface area contributed by atoms with Crippen molar-refractivity contribution in [3.05, 3.63) is 27.7 Å². The summed E-state index contributed by atoms with van der Waals surface area (Å²) >= 11 is 12.3. The second-order valence-corrected chi connectivity index (χ2v) is 5.80. The molecule has 0 aliphatic heterocycles. The summed E-state index contributed by atoms with van der Waals surface area (Å²) in [7, 11) is 1.68. The van der Waals surface area contributed by atoms with Gasteiger partial charge in [0.05, 0.1) is 18.2 Å². The van der Waals surface area contributed by atoms with E-state index in [0.717, 1.165) is 24.3 Å². The third kappa shape index (κ3) is 7.37. The van der Waals surface area contributed by atoms with E-state index in [2.05, 4.69) is 12.2 Å². The number of nitrogens with one attached hydrogen (secondary N) is 1. The van der Waals surface area contributed by atoms with Crippen LogP contribution in [0.5, 0.6) is 5.75 Å². The van der Waals surface area contributed by atoms with Crippen LogP contribution in [0.4, 0.5) is 0 Å². The third-order valence-corrected chi connectivity index (χ3v) is 3.63. The minimum atomic E-state index is 0.571. The molecule has 0 fully saturated rings. The Morgan fingerprint density at radius 1 is 1.10 bits per heavy atom. The van der Waals surface area contributed by atoms with Crippen molar-refractivity contribution in [3.63, 3.8) is 0 Å². The molecule has 0 bridgehead atoms. The van der Waals surface area contributed by atoms with Gasteiger partial charge in [-0.1, -0.05) is 49.4 Å². The molecular weight excluding hydrogens is 309 g/mol. The van der Waals surface area contributed by atoms with E-state index < -0.39 is 0 Å². The zero-order valence-electron chi connectivity index (χ0n) is 12.9. The van der Waals surface area contributed by atoms with Gasteiger partial charge in [-0.05, 0) is 18.6 Å². The van der Waals surface area contributed by atoms with Crippen LogP contribution in [-0.4, -0.2) is 26.9 Å². The van der Waals surface area contributed by atoms with Crippen LogP contribution in [0.25, 0.3) is 0 Å². The molecule has 0 aromatic heterocycles. The van der Waals surface area contributed by atoms with Crippen molar-refractivity contribution in [3.8, 4) is 5.75 Å². The summed E-state index contributed by atoms with van der Waals surface area (Å²) in [6.45, 7) is 4.99. The molecule has 0 radical (unpaired) electrons. The van der Waals surface area contributed by atoms with Crippen molar-refractivity contribution in [2.45, 2.75) is 39.2 Å². The van der Waals surface area contributed by atoms with E-state index in [-0.39, 0.29) is 0 Å². The van der Waals surface area contributed by atoms with Gasteiger partial charge >= 0.3 is 0 Å². The lowest BCUT2D eigenvalue weighted by Crippen LogP contribution is -2.19. The first-order valence-corrected chi connectivity index (χ1v) is 8.25. The van der Waals surface area contributed by atoms with E-state index in [4.69, 9.17) is 32.7 Å². The zero-order valence-corrected chi connectivity index (χ0v) is 14.4. The Labute approximate surface area is 137 Å². The van der Waals surface area contributed by atoms with Crippen molar-refractivity contribution >= 4 is 23.2 Å². The molecule has 0 saturated carbocycles. The first kappa shape index (κ1) is 18.6. The fourth-order valence-electron chi connectivity index (χ4n) is 2.01. The monoisotopic (exact) mass is 333 g/mol. The van der Waals surface area contributed by atoms with Gasteiger partial charge in [-0.2, -0.15) is 0 Å². The average molecular weight is 334 g/mol. The zero-order chi connectivity index (χ0) is 15.5. The predicted molar refractivity (Wildman–Crippen MR) is 89.7 cm³/mol. The number of methoxy groups -OCH3 is 1. The Kier molecular flexibility index (Phi) is 9.85. The molecule has 0 aliphatic carbocycles. The highest BCUT2D eigenvalue weighted by Gasteiger charge is 2.10. The molecule has 0 heterocycles. The van der Waals surface area contributed by atoms with Crippen LogP contribution in [-0.2, 0) is 11.3 Å². The molecule has 0 unspecified atom stereocenters. The van der Waals surface area contributed by atoms with Crippen LogP contribution in [0.15, 0.2) is 12.1 Å². The Bertz CT molecular complexity index is 414. The van der Waals surface area contributed by atoms with Crippen LogP contribution in [0, 0.1) is 0 Å². The third-order valence-electron chi connectivity index (χ3n) is 3.13. The van der Waals surface area contributed by atoms with Gasteiger partial charge in [0.25, 0.3) is 0 Å². The number of rotatable bonds is 11. The fourth-order valence-corrected chi connectivity index (χ4v) is 2.60. The summed E-state index contributed by atoms with van der Waals surface area (Å²) in [5.41, 5.74) is 0.985. The Morgan fingerprint density at radius 2 is 1.90 bits per heavy atom. The molecule has 21 heavy (non-hydrogen) atoms. The summed E-state index contributed by atoms with van der Waals surface area (Å²) in [6, 6.07) is 3.62. The number of benzene rings is 1. The Hall–Kier alpha value is -0.480.